The first-order valence-corrected chi connectivity index (χ1v) is 8.61. The van der Waals surface area contributed by atoms with E-state index in [4.69, 9.17) is 18.9 Å². The standard InChI is InChI=1S/C15H18BrN3O8/c1-6(20)24-4-9-11(25-7(2)21)12(26-8(3)22)15(27-9)19-14(23)10-13(16)18-5-17-10/h5,9,11-12,15H,4H2,1-3H3,(H,17,18)(H,19,23)/t9-,11-,12-,15-/m1/s1. The highest BCUT2D eigenvalue weighted by Gasteiger charge is 2.50. The molecular formula is C15H18BrN3O8. The molecule has 1 aromatic rings. The number of carbonyl (C=O) groups is 4. The lowest BCUT2D eigenvalue weighted by Gasteiger charge is -2.23. The van der Waals surface area contributed by atoms with Gasteiger partial charge in [0.15, 0.2) is 24.1 Å². The number of esters is 3. The molecule has 1 fully saturated rings. The molecule has 1 amide bonds. The largest absolute Gasteiger partial charge is 0.463 e. The zero-order valence-electron chi connectivity index (χ0n) is 14.7. The first-order chi connectivity index (χ1) is 12.7. The highest BCUT2D eigenvalue weighted by atomic mass is 79.9. The normalized spacial score (nSPS) is 24.1. The van der Waals surface area contributed by atoms with E-state index in [1.165, 1.54) is 20.2 Å². The van der Waals surface area contributed by atoms with Gasteiger partial charge in [0.2, 0.25) is 0 Å². The van der Waals surface area contributed by atoms with E-state index in [1.54, 1.807) is 0 Å². The highest BCUT2D eigenvalue weighted by Crippen LogP contribution is 2.27. The third-order valence-electron chi connectivity index (χ3n) is 3.45. The van der Waals surface area contributed by atoms with Crippen molar-refractivity contribution in [2.24, 2.45) is 0 Å². The number of rotatable bonds is 6. The van der Waals surface area contributed by atoms with E-state index in [0.717, 1.165) is 6.92 Å². The second-order valence-corrected chi connectivity index (χ2v) is 6.38. The van der Waals surface area contributed by atoms with Crippen LogP contribution in [0.1, 0.15) is 31.3 Å². The molecule has 0 unspecified atom stereocenters. The number of aromatic nitrogens is 2. The molecule has 148 valence electrons. The van der Waals surface area contributed by atoms with Crippen molar-refractivity contribution < 1.29 is 38.1 Å². The van der Waals surface area contributed by atoms with Gasteiger partial charge in [-0.3, -0.25) is 19.2 Å². The monoisotopic (exact) mass is 447 g/mol. The molecule has 0 saturated carbocycles. The molecule has 1 aliphatic heterocycles. The van der Waals surface area contributed by atoms with Crippen molar-refractivity contribution in [2.45, 2.75) is 45.3 Å². The Balaban J connectivity index is 2.22. The summed E-state index contributed by atoms with van der Waals surface area (Å²) in [6, 6.07) is 0. The number of ether oxygens (including phenoxy) is 4. The zero-order chi connectivity index (χ0) is 20.1. The summed E-state index contributed by atoms with van der Waals surface area (Å²) in [6.45, 7) is 3.27. The van der Waals surface area contributed by atoms with Crippen LogP contribution in [-0.2, 0) is 33.3 Å². The van der Waals surface area contributed by atoms with Crippen molar-refractivity contribution in [3.8, 4) is 0 Å². The van der Waals surface area contributed by atoms with Gasteiger partial charge >= 0.3 is 17.9 Å². The van der Waals surface area contributed by atoms with Crippen LogP contribution in [0.5, 0.6) is 0 Å². The van der Waals surface area contributed by atoms with Gasteiger partial charge in [0, 0.05) is 20.8 Å². The molecule has 2 N–H and O–H groups in total. The lowest BCUT2D eigenvalue weighted by molar-refractivity contribution is -0.165. The van der Waals surface area contributed by atoms with Crippen LogP contribution in [0, 0.1) is 0 Å². The molecule has 1 aliphatic rings. The van der Waals surface area contributed by atoms with Gasteiger partial charge in [0.05, 0.1) is 6.33 Å². The Bertz CT molecular complexity index is 736. The average Bonchev–Trinajstić information content (AvgIpc) is 3.10. The molecule has 2 rings (SSSR count). The SMILES string of the molecule is CC(=O)OC[C@H]1O[C@@H](NC(=O)c2nc[nH]c2Br)[C@H](OC(C)=O)[C@@H]1OC(C)=O. The molecule has 0 spiro atoms. The summed E-state index contributed by atoms with van der Waals surface area (Å²) < 4.78 is 21.2. The number of amides is 1. The molecule has 0 radical (unpaired) electrons. The molecule has 1 aromatic heterocycles. The van der Waals surface area contributed by atoms with E-state index >= 15 is 0 Å². The van der Waals surface area contributed by atoms with E-state index < -0.39 is 48.4 Å². The van der Waals surface area contributed by atoms with Gasteiger partial charge in [0.25, 0.3) is 5.91 Å². The van der Waals surface area contributed by atoms with Gasteiger partial charge in [0.1, 0.15) is 17.3 Å². The molecule has 27 heavy (non-hydrogen) atoms. The second-order valence-electron chi connectivity index (χ2n) is 5.58. The Morgan fingerprint density at radius 3 is 2.30 bits per heavy atom. The molecular weight excluding hydrogens is 430 g/mol. The lowest BCUT2D eigenvalue weighted by Crippen LogP contribution is -2.47. The van der Waals surface area contributed by atoms with Gasteiger partial charge in [-0.1, -0.05) is 0 Å². The zero-order valence-corrected chi connectivity index (χ0v) is 16.3. The van der Waals surface area contributed by atoms with Crippen LogP contribution in [0.15, 0.2) is 10.9 Å². The summed E-state index contributed by atoms with van der Waals surface area (Å²) in [5.74, 6) is -2.53. The third-order valence-corrected chi connectivity index (χ3v) is 4.05. The quantitative estimate of drug-likeness (QED) is 0.455. The van der Waals surface area contributed by atoms with Crippen molar-refractivity contribution in [3.05, 3.63) is 16.6 Å². The minimum absolute atomic E-state index is 0.0487. The Morgan fingerprint density at radius 1 is 1.15 bits per heavy atom. The van der Waals surface area contributed by atoms with Crippen molar-refractivity contribution in [1.29, 1.82) is 0 Å². The van der Waals surface area contributed by atoms with E-state index in [-0.39, 0.29) is 12.3 Å². The first-order valence-electron chi connectivity index (χ1n) is 7.82. The summed E-state index contributed by atoms with van der Waals surface area (Å²) in [6.07, 6.45) is -3.03. The molecule has 4 atom stereocenters. The lowest BCUT2D eigenvalue weighted by atomic mass is 10.1. The predicted molar refractivity (Wildman–Crippen MR) is 90.2 cm³/mol. The minimum Gasteiger partial charge on any atom is -0.463 e. The molecule has 0 bridgehead atoms. The summed E-state index contributed by atoms with van der Waals surface area (Å²) >= 11 is 3.14. The van der Waals surface area contributed by atoms with Crippen LogP contribution in [0.3, 0.4) is 0 Å². The predicted octanol–water partition coefficient (Wildman–Crippen LogP) is 0.0534. The minimum atomic E-state index is -1.16. The Hall–Kier alpha value is -2.47. The number of imidazole rings is 1. The maximum absolute atomic E-state index is 12.4. The molecule has 12 heteroatoms. The fourth-order valence-electron chi connectivity index (χ4n) is 2.47. The van der Waals surface area contributed by atoms with Crippen LogP contribution >= 0.6 is 15.9 Å². The van der Waals surface area contributed by atoms with Crippen molar-refractivity contribution in [1.82, 2.24) is 15.3 Å². The fourth-order valence-corrected chi connectivity index (χ4v) is 2.85. The summed E-state index contributed by atoms with van der Waals surface area (Å²) in [5.41, 5.74) is 0.0487. The Labute approximate surface area is 162 Å². The first kappa shape index (κ1) is 20.8. The van der Waals surface area contributed by atoms with Crippen molar-refractivity contribution >= 4 is 39.7 Å². The number of aromatic amines is 1. The van der Waals surface area contributed by atoms with Gasteiger partial charge < -0.3 is 29.2 Å². The van der Waals surface area contributed by atoms with Gasteiger partial charge in [-0.05, 0) is 15.9 Å². The average molecular weight is 448 g/mol. The van der Waals surface area contributed by atoms with Gasteiger partial charge in [-0.25, -0.2) is 4.98 Å². The van der Waals surface area contributed by atoms with Crippen LogP contribution in [0.25, 0.3) is 0 Å². The third kappa shape index (κ3) is 5.50. The number of hydrogen-bond donors (Lipinski definition) is 2. The van der Waals surface area contributed by atoms with Crippen LogP contribution < -0.4 is 5.32 Å². The molecule has 0 aliphatic carbocycles. The van der Waals surface area contributed by atoms with Gasteiger partial charge in [-0.2, -0.15) is 0 Å². The van der Waals surface area contributed by atoms with Crippen LogP contribution in [-0.4, -0.2) is 64.9 Å². The maximum atomic E-state index is 12.4. The molecule has 11 nitrogen and oxygen atoms in total. The Kier molecular flexibility index (Phi) is 6.91. The number of carbonyl (C=O) groups excluding carboxylic acids is 4. The van der Waals surface area contributed by atoms with Crippen LogP contribution in [0.2, 0.25) is 0 Å². The number of nitrogens with one attached hydrogen (secondary N) is 2. The van der Waals surface area contributed by atoms with Gasteiger partial charge in [-0.15, -0.1) is 0 Å². The summed E-state index contributed by atoms with van der Waals surface area (Å²) in [4.78, 5) is 52.9. The number of halogens is 1. The molecule has 2 heterocycles. The van der Waals surface area contributed by atoms with Crippen molar-refractivity contribution in [3.63, 3.8) is 0 Å². The topological polar surface area (TPSA) is 146 Å². The number of nitrogens with zero attached hydrogens (tertiary/aromatic N) is 1. The summed E-state index contributed by atoms with van der Waals surface area (Å²) in [7, 11) is 0. The Morgan fingerprint density at radius 2 is 1.78 bits per heavy atom. The van der Waals surface area contributed by atoms with Crippen LogP contribution in [0.4, 0.5) is 0 Å². The molecule has 0 aromatic carbocycles. The second kappa shape index (κ2) is 8.95. The number of H-pyrrole nitrogens is 1. The van der Waals surface area contributed by atoms with E-state index in [0.29, 0.717) is 4.60 Å². The highest BCUT2D eigenvalue weighted by molar-refractivity contribution is 9.10. The fraction of sp³-hybridized carbons (Fsp3) is 0.533. The molecule has 1 saturated heterocycles. The van der Waals surface area contributed by atoms with E-state index in [1.807, 2.05) is 0 Å². The summed E-state index contributed by atoms with van der Waals surface area (Å²) in [5, 5.41) is 2.52. The van der Waals surface area contributed by atoms with Crippen molar-refractivity contribution in [2.75, 3.05) is 6.61 Å². The number of hydrogen-bond acceptors (Lipinski definition) is 9. The van der Waals surface area contributed by atoms with E-state index in [9.17, 15) is 19.2 Å². The maximum Gasteiger partial charge on any atom is 0.303 e. The smallest absolute Gasteiger partial charge is 0.303 e. The van der Waals surface area contributed by atoms with E-state index in [2.05, 4.69) is 31.2 Å².